The van der Waals surface area contributed by atoms with E-state index in [0.29, 0.717) is 24.4 Å². The third kappa shape index (κ3) is 4.73. The number of Topliss-reactive ketones (excluding diaryl/α,β-unsaturated/α-hetero) is 1. The molecule has 0 saturated carbocycles. The van der Waals surface area contributed by atoms with Crippen LogP contribution in [0.2, 0.25) is 0 Å². The van der Waals surface area contributed by atoms with Crippen LogP contribution in [0.15, 0.2) is 42.5 Å². The molecule has 0 fully saturated rings. The van der Waals surface area contributed by atoms with Gasteiger partial charge in [-0.25, -0.2) is 0 Å². The minimum atomic E-state index is -1.80. The Bertz CT molecular complexity index is 906. The fraction of sp³-hybridized carbons (Fsp3) is 0.440. The molecule has 0 aliphatic carbocycles. The monoisotopic (exact) mass is 409 g/mol. The third-order valence-electron chi connectivity index (χ3n) is 5.52. The summed E-state index contributed by atoms with van der Waals surface area (Å²) in [6, 6.07) is 13.2. The first-order chi connectivity index (χ1) is 14.3. The van der Waals surface area contributed by atoms with Gasteiger partial charge < -0.3 is 14.7 Å². The van der Waals surface area contributed by atoms with E-state index in [1.165, 1.54) is 26.2 Å². The molecule has 2 aromatic carbocycles. The maximum absolute atomic E-state index is 13.1. The summed E-state index contributed by atoms with van der Waals surface area (Å²) < 4.78 is 5.79. The first-order valence-corrected chi connectivity index (χ1v) is 10.7. The number of hydrogen-bond donors (Lipinski definition) is 1. The second-order valence-corrected chi connectivity index (χ2v) is 8.20. The normalized spacial score (nSPS) is 17.9. The van der Waals surface area contributed by atoms with Crippen molar-refractivity contribution in [2.45, 2.75) is 65.0 Å². The molecule has 3 rings (SSSR count). The van der Waals surface area contributed by atoms with Gasteiger partial charge in [0.05, 0.1) is 18.8 Å². The quantitative estimate of drug-likeness (QED) is 0.579. The molecule has 30 heavy (non-hydrogen) atoms. The Morgan fingerprint density at radius 3 is 2.50 bits per heavy atom. The van der Waals surface area contributed by atoms with Crippen molar-refractivity contribution >= 4 is 17.4 Å². The van der Waals surface area contributed by atoms with Crippen LogP contribution in [0.25, 0.3) is 0 Å². The highest BCUT2D eigenvalue weighted by molar-refractivity contribution is 6.08. The molecule has 0 spiro atoms. The molecule has 1 aliphatic heterocycles. The summed E-state index contributed by atoms with van der Waals surface area (Å²) in [6.45, 7) is 6.51. The standard InChI is InChI=1S/C25H31NO4/c1-4-5-6-7-14-30-21-11-9-20(10-12-21)17-26-23-13-8-18(2)15-22(23)25(29,24(26)28)16-19(3)27/h8-13,15,29H,4-7,14,16-17H2,1-3H3. The number of aryl methyl sites for hydroxylation is 1. The molecule has 1 heterocycles. The average molecular weight is 410 g/mol. The van der Waals surface area contributed by atoms with E-state index in [-0.39, 0.29) is 12.2 Å². The molecule has 1 N–H and O–H groups in total. The maximum Gasteiger partial charge on any atom is 0.264 e. The van der Waals surface area contributed by atoms with Crippen LogP contribution in [0.5, 0.6) is 5.75 Å². The molecule has 1 aliphatic rings. The smallest absolute Gasteiger partial charge is 0.264 e. The SMILES string of the molecule is CCCCCCOc1ccc(CN2C(=O)C(O)(CC(C)=O)c3cc(C)ccc32)cc1. The van der Waals surface area contributed by atoms with Crippen LogP contribution in [0.1, 0.15) is 62.6 Å². The van der Waals surface area contributed by atoms with Gasteiger partial charge in [0.2, 0.25) is 0 Å². The molecule has 2 aromatic rings. The fourth-order valence-electron chi connectivity index (χ4n) is 3.94. The van der Waals surface area contributed by atoms with Gasteiger partial charge in [-0.15, -0.1) is 0 Å². The molecule has 0 saturated heterocycles. The first kappa shape index (κ1) is 22.0. The number of carbonyl (C=O) groups excluding carboxylic acids is 2. The molecule has 5 nitrogen and oxygen atoms in total. The van der Waals surface area contributed by atoms with Crippen LogP contribution < -0.4 is 9.64 Å². The first-order valence-electron chi connectivity index (χ1n) is 10.7. The van der Waals surface area contributed by atoms with Crippen LogP contribution in [0.3, 0.4) is 0 Å². The summed E-state index contributed by atoms with van der Waals surface area (Å²) >= 11 is 0. The second kappa shape index (κ2) is 9.43. The highest BCUT2D eigenvalue weighted by Crippen LogP contribution is 2.43. The van der Waals surface area contributed by atoms with Gasteiger partial charge in [0.1, 0.15) is 11.5 Å². The van der Waals surface area contributed by atoms with Crippen molar-refractivity contribution in [1.29, 1.82) is 0 Å². The lowest BCUT2D eigenvalue weighted by molar-refractivity contribution is -0.141. The van der Waals surface area contributed by atoms with Crippen LogP contribution in [-0.2, 0) is 21.7 Å². The predicted molar refractivity (Wildman–Crippen MR) is 118 cm³/mol. The van der Waals surface area contributed by atoms with Gasteiger partial charge in [-0.3, -0.25) is 9.59 Å². The Balaban J connectivity index is 1.73. The molecular formula is C25H31NO4. The van der Waals surface area contributed by atoms with Gasteiger partial charge in [-0.05, 0) is 44.0 Å². The van der Waals surface area contributed by atoms with Crippen LogP contribution in [-0.4, -0.2) is 23.4 Å². The number of ether oxygens (including phenoxy) is 1. The number of hydrogen-bond acceptors (Lipinski definition) is 4. The Morgan fingerprint density at radius 1 is 1.10 bits per heavy atom. The number of rotatable bonds is 10. The zero-order valence-corrected chi connectivity index (χ0v) is 18.1. The van der Waals surface area contributed by atoms with Crippen LogP contribution in [0.4, 0.5) is 5.69 Å². The second-order valence-electron chi connectivity index (χ2n) is 8.20. The Kier molecular flexibility index (Phi) is 6.93. The molecule has 1 unspecified atom stereocenters. The van der Waals surface area contributed by atoms with Crippen molar-refractivity contribution in [3.05, 3.63) is 59.2 Å². The minimum Gasteiger partial charge on any atom is -0.494 e. The van der Waals surface area contributed by atoms with Crippen molar-refractivity contribution in [2.75, 3.05) is 11.5 Å². The Labute approximate surface area is 178 Å². The summed E-state index contributed by atoms with van der Waals surface area (Å²) in [5, 5.41) is 11.1. The van der Waals surface area contributed by atoms with Gasteiger partial charge in [0.15, 0.2) is 5.60 Å². The topological polar surface area (TPSA) is 66.8 Å². The Morgan fingerprint density at radius 2 is 1.83 bits per heavy atom. The van der Waals surface area contributed by atoms with E-state index >= 15 is 0 Å². The molecule has 0 radical (unpaired) electrons. The zero-order valence-electron chi connectivity index (χ0n) is 18.1. The van der Waals surface area contributed by atoms with Crippen molar-refractivity contribution in [1.82, 2.24) is 0 Å². The van der Waals surface area contributed by atoms with E-state index < -0.39 is 11.5 Å². The number of anilines is 1. The van der Waals surface area contributed by atoms with E-state index in [9.17, 15) is 14.7 Å². The zero-order chi connectivity index (χ0) is 21.7. The van der Waals surface area contributed by atoms with E-state index in [1.54, 1.807) is 11.0 Å². The fourth-order valence-corrected chi connectivity index (χ4v) is 3.94. The summed E-state index contributed by atoms with van der Waals surface area (Å²) in [5.74, 6) is 0.141. The van der Waals surface area contributed by atoms with Crippen molar-refractivity contribution in [3.63, 3.8) is 0 Å². The number of ketones is 1. The summed E-state index contributed by atoms with van der Waals surface area (Å²) in [7, 11) is 0. The van der Waals surface area contributed by atoms with E-state index in [4.69, 9.17) is 4.74 Å². The van der Waals surface area contributed by atoms with Crippen molar-refractivity contribution in [2.24, 2.45) is 0 Å². The highest BCUT2D eigenvalue weighted by atomic mass is 16.5. The number of fused-ring (bicyclic) bond motifs is 1. The molecule has 1 atom stereocenters. The van der Waals surface area contributed by atoms with Crippen LogP contribution >= 0.6 is 0 Å². The van der Waals surface area contributed by atoms with Gasteiger partial charge in [-0.1, -0.05) is 56.0 Å². The largest absolute Gasteiger partial charge is 0.494 e. The number of aliphatic hydroxyl groups is 1. The summed E-state index contributed by atoms with van der Waals surface area (Å²) in [5.41, 5.74) is 1.24. The molecular weight excluding hydrogens is 378 g/mol. The van der Waals surface area contributed by atoms with Crippen LogP contribution in [0, 0.1) is 6.92 Å². The van der Waals surface area contributed by atoms with E-state index in [0.717, 1.165) is 23.3 Å². The minimum absolute atomic E-state index is 0.219. The number of carbonyl (C=O) groups is 2. The Hall–Kier alpha value is -2.66. The third-order valence-corrected chi connectivity index (χ3v) is 5.52. The van der Waals surface area contributed by atoms with Gasteiger partial charge in [0, 0.05) is 12.0 Å². The summed E-state index contributed by atoms with van der Waals surface area (Å²) in [6.07, 6.45) is 4.43. The number of nitrogens with zero attached hydrogens (tertiary/aromatic N) is 1. The van der Waals surface area contributed by atoms with Gasteiger partial charge in [-0.2, -0.15) is 0 Å². The lowest BCUT2D eigenvalue weighted by Crippen LogP contribution is -2.41. The molecule has 0 bridgehead atoms. The number of unbranched alkanes of at least 4 members (excludes halogenated alkanes) is 3. The predicted octanol–water partition coefficient (Wildman–Crippen LogP) is 4.67. The van der Waals surface area contributed by atoms with Crippen molar-refractivity contribution < 1.29 is 19.4 Å². The molecule has 160 valence electrons. The van der Waals surface area contributed by atoms with Gasteiger partial charge >= 0.3 is 0 Å². The molecule has 0 aromatic heterocycles. The summed E-state index contributed by atoms with van der Waals surface area (Å²) in [4.78, 5) is 26.4. The van der Waals surface area contributed by atoms with Crippen molar-refractivity contribution in [3.8, 4) is 5.75 Å². The maximum atomic E-state index is 13.1. The molecule has 1 amide bonds. The lowest BCUT2D eigenvalue weighted by Gasteiger charge is -2.22. The molecule has 5 heteroatoms. The van der Waals surface area contributed by atoms with E-state index in [1.807, 2.05) is 43.3 Å². The number of amides is 1. The van der Waals surface area contributed by atoms with Gasteiger partial charge in [0.25, 0.3) is 5.91 Å². The lowest BCUT2D eigenvalue weighted by atomic mass is 9.89. The number of benzene rings is 2. The van der Waals surface area contributed by atoms with E-state index in [2.05, 4.69) is 6.92 Å². The average Bonchev–Trinajstić information content (AvgIpc) is 2.90. The highest BCUT2D eigenvalue weighted by Gasteiger charge is 2.50.